The first-order valence-electron chi connectivity index (χ1n) is 18.5. The summed E-state index contributed by atoms with van der Waals surface area (Å²) in [5, 5.41) is 8.23. The van der Waals surface area contributed by atoms with E-state index in [1.165, 1.54) is 17.7 Å². The van der Waals surface area contributed by atoms with Crippen molar-refractivity contribution in [3.63, 3.8) is 0 Å². The molecule has 2 heterocycles. The number of hydrogen-bond acceptors (Lipinski definition) is 13. The van der Waals surface area contributed by atoms with E-state index in [1.807, 2.05) is 56.2 Å². The van der Waals surface area contributed by atoms with Crippen molar-refractivity contribution in [1.82, 2.24) is 19.7 Å². The Hall–Kier alpha value is -3.96. The second-order valence-corrected chi connectivity index (χ2v) is 14.8. The third kappa shape index (κ3) is 13.4. The second-order valence-electron chi connectivity index (χ2n) is 13.2. The van der Waals surface area contributed by atoms with Gasteiger partial charge in [-0.05, 0) is 56.4 Å². The first-order chi connectivity index (χ1) is 26.3. The summed E-state index contributed by atoms with van der Waals surface area (Å²) >= 11 is 0. The molecule has 0 amide bonds. The summed E-state index contributed by atoms with van der Waals surface area (Å²) in [7, 11) is 0.271. The molecular formula is C39H54N6O8S. The predicted octanol–water partition coefficient (Wildman–Crippen LogP) is 4.97. The van der Waals surface area contributed by atoms with E-state index >= 15 is 0 Å². The molecule has 1 aliphatic carbocycles. The summed E-state index contributed by atoms with van der Waals surface area (Å²) in [5.74, 6) is 1.62. The van der Waals surface area contributed by atoms with Crippen molar-refractivity contribution >= 4 is 21.9 Å². The highest BCUT2D eigenvalue weighted by atomic mass is 32.2. The van der Waals surface area contributed by atoms with E-state index in [4.69, 9.17) is 32.9 Å². The molecule has 2 aromatic heterocycles. The lowest BCUT2D eigenvalue weighted by Crippen LogP contribution is -2.31. The summed E-state index contributed by atoms with van der Waals surface area (Å²) in [6.07, 6.45) is 7.79. The van der Waals surface area contributed by atoms with Crippen LogP contribution in [0.3, 0.4) is 0 Å². The summed E-state index contributed by atoms with van der Waals surface area (Å²) in [4.78, 5) is 11.6. The van der Waals surface area contributed by atoms with E-state index in [1.54, 1.807) is 18.3 Å². The zero-order chi connectivity index (χ0) is 38.0. The molecule has 0 atom stereocenters. The van der Waals surface area contributed by atoms with Crippen LogP contribution in [0.2, 0.25) is 0 Å². The van der Waals surface area contributed by atoms with E-state index in [0.717, 1.165) is 48.3 Å². The topological polar surface area (TPSA) is 148 Å². The summed E-state index contributed by atoms with van der Waals surface area (Å²) in [6, 6.07) is 19.0. The maximum atomic E-state index is 12.1. The van der Waals surface area contributed by atoms with E-state index < -0.39 is 10.1 Å². The van der Waals surface area contributed by atoms with E-state index in [2.05, 4.69) is 32.4 Å². The Balaban J connectivity index is 0.859. The lowest BCUT2D eigenvalue weighted by atomic mass is 9.93. The van der Waals surface area contributed by atoms with Gasteiger partial charge in [0.2, 0.25) is 5.95 Å². The Morgan fingerprint density at radius 3 is 2.02 bits per heavy atom. The lowest BCUT2D eigenvalue weighted by Gasteiger charge is -2.29. The monoisotopic (exact) mass is 766 g/mol. The number of benzene rings is 2. The van der Waals surface area contributed by atoms with Crippen molar-refractivity contribution in [2.75, 3.05) is 90.4 Å². The molecule has 1 fully saturated rings. The third-order valence-electron chi connectivity index (χ3n) is 8.82. The zero-order valence-corrected chi connectivity index (χ0v) is 32.4. The van der Waals surface area contributed by atoms with Crippen molar-refractivity contribution in [2.45, 2.75) is 56.2 Å². The van der Waals surface area contributed by atoms with Gasteiger partial charge in [-0.15, -0.1) is 0 Å². The number of rotatable bonds is 24. The normalized spacial score (nSPS) is 16.1. The molecule has 294 valence electrons. The highest BCUT2D eigenvalue weighted by Crippen LogP contribution is 2.30. The summed E-state index contributed by atoms with van der Waals surface area (Å²) < 4.78 is 59.5. The van der Waals surface area contributed by atoms with Crippen molar-refractivity contribution in [3.05, 3.63) is 84.2 Å². The van der Waals surface area contributed by atoms with Gasteiger partial charge in [0, 0.05) is 26.3 Å². The number of nitrogens with zero attached hydrogens (tertiary/aromatic N) is 5. The van der Waals surface area contributed by atoms with Crippen LogP contribution in [0, 0.1) is 6.92 Å². The minimum atomic E-state index is -3.78. The molecule has 0 unspecified atom stereocenters. The van der Waals surface area contributed by atoms with Gasteiger partial charge in [0.15, 0.2) is 0 Å². The van der Waals surface area contributed by atoms with Gasteiger partial charge < -0.3 is 33.9 Å². The SMILES string of the molecule is Cc1ccc(S(=O)(=O)OCCOCCOCCOCCOCCO[C@H]2CC[C@H](Nc3nccc(-c4cnn(Cc5ccccc5)c4N(C)C)n3)CC2)cc1. The fraction of sp³-hybridized carbons (Fsp3) is 0.513. The van der Waals surface area contributed by atoms with Crippen LogP contribution >= 0.6 is 0 Å². The Morgan fingerprint density at radius 1 is 0.778 bits per heavy atom. The number of anilines is 2. The van der Waals surface area contributed by atoms with Crippen LogP contribution in [-0.2, 0) is 44.5 Å². The smallest absolute Gasteiger partial charge is 0.297 e. The molecule has 5 rings (SSSR count). The molecule has 0 radical (unpaired) electrons. The van der Waals surface area contributed by atoms with Crippen LogP contribution in [0.5, 0.6) is 0 Å². The average molecular weight is 767 g/mol. The Morgan fingerprint density at radius 2 is 1.39 bits per heavy atom. The van der Waals surface area contributed by atoms with E-state index in [-0.39, 0.29) is 30.3 Å². The number of aromatic nitrogens is 4. The van der Waals surface area contributed by atoms with Crippen molar-refractivity contribution in [2.24, 2.45) is 0 Å². The number of aryl methyl sites for hydroxylation is 1. The Kier molecular flexibility index (Phi) is 16.6. The van der Waals surface area contributed by atoms with Crippen LogP contribution < -0.4 is 10.2 Å². The minimum Gasteiger partial charge on any atom is -0.377 e. The Labute approximate surface area is 319 Å². The summed E-state index contributed by atoms with van der Waals surface area (Å²) in [5.41, 5.74) is 3.97. The van der Waals surface area contributed by atoms with Gasteiger partial charge in [0.05, 0.1) is 101 Å². The Bertz CT molecular complexity index is 1770. The van der Waals surface area contributed by atoms with Crippen LogP contribution in [0.25, 0.3) is 11.3 Å². The lowest BCUT2D eigenvalue weighted by molar-refractivity contribution is -0.0304. The first kappa shape index (κ1) is 41.2. The molecule has 15 heteroatoms. The van der Waals surface area contributed by atoms with Gasteiger partial charge in [0.25, 0.3) is 10.1 Å². The van der Waals surface area contributed by atoms with Gasteiger partial charge in [-0.25, -0.2) is 14.6 Å². The average Bonchev–Trinajstić information content (AvgIpc) is 3.60. The van der Waals surface area contributed by atoms with Crippen LogP contribution in [0.4, 0.5) is 11.8 Å². The highest BCUT2D eigenvalue weighted by Gasteiger charge is 2.23. The molecule has 0 saturated heterocycles. The molecule has 54 heavy (non-hydrogen) atoms. The molecule has 14 nitrogen and oxygen atoms in total. The molecule has 2 aromatic carbocycles. The predicted molar refractivity (Wildman–Crippen MR) is 206 cm³/mol. The van der Waals surface area contributed by atoms with Gasteiger partial charge in [-0.2, -0.15) is 13.5 Å². The second kappa shape index (κ2) is 21.8. The fourth-order valence-electron chi connectivity index (χ4n) is 6.05. The van der Waals surface area contributed by atoms with Crippen LogP contribution in [-0.4, -0.2) is 120 Å². The molecule has 0 aliphatic heterocycles. The summed E-state index contributed by atoms with van der Waals surface area (Å²) in [6.45, 7) is 6.27. The van der Waals surface area contributed by atoms with Crippen molar-refractivity contribution in [1.29, 1.82) is 0 Å². The molecule has 1 saturated carbocycles. The molecule has 4 aromatic rings. The molecule has 0 bridgehead atoms. The van der Waals surface area contributed by atoms with Gasteiger partial charge in [0.1, 0.15) is 5.82 Å². The molecule has 0 spiro atoms. The zero-order valence-electron chi connectivity index (χ0n) is 31.6. The molecule has 1 aliphatic rings. The maximum absolute atomic E-state index is 12.1. The fourth-order valence-corrected chi connectivity index (χ4v) is 6.94. The molecule has 1 N–H and O–H groups in total. The number of hydrogen-bond donors (Lipinski definition) is 1. The highest BCUT2D eigenvalue weighted by molar-refractivity contribution is 7.86. The van der Waals surface area contributed by atoms with Gasteiger partial charge >= 0.3 is 0 Å². The van der Waals surface area contributed by atoms with Crippen molar-refractivity contribution < 1.29 is 36.3 Å². The minimum absolute atomic E-state index is 0.0569. The van der Waals surface area contributed by atoms with Crippen LogP contribution in [0.1, 0.15) is 36.8 Å². The van der Waals surface area contributed by atoms with E-state index in [0.29, 0.717) is 65.3 Å². The van der Waals surface area contributed by atoms with Gasteiger partial charge in [-0.1, -0.05) is 48.0 Å². The quantitative estimate of drug-likeness (QED) is 0.0757. The van der Waals surface area contributed by atoms with Gasteiger partial charge in [-0.3, -0.25) is 4.18 Å². The molecular weight excluding hydrogens is 713 g/mol. The first-order valence-corrected chi connectivity index (χ1v) is 19.9. The van der Waals surface area contributed by atoms with Crippen LogP contribution in [0.15, 0.2) is 78.0 Å². The largest absolute Gasteiger partial charge is 0.377 e. The number of ether oxygens (including phenoxy) is 5. The maximum Gasteiger partial charge on any atom is 0.297 e. The van der Waals surface area contributed by atoms with E-state index in [9.17, 15) is 8.42 Å². The van der Waals surface area contributed by atoms with Crippen molar-refractivity contribution in [3.8, 4) is 11.3 Å². The number of nitrogens with one attached hydrogen (secondary N) is 1. The standard InChI is InChI=1S/C39H54N6O8S/c1-31-9-15-35(16-10-31)54(46,47)53-28-26-51-24-22-49-20-19-48-21-23-50-25-27-52-34-13-11-33(12-14-34)42-39-40-18-17-37(43-39)36-29-41-45(38(36)44(2)3)30-32-7-5-4-6-8-32/h4-10,15-18,29,33-34H,11-14,19-28,30H2,1-3H3,(H,40,42,43)/t33-,34-. The third-order valence-corrected chi connectivity index (χ3v) is 10.1.